The van der Waals surface area contributed by atoms with Crippen molar-refractivity contribution in [1.82, 2.24) is 15.0 Å². The summed E-state index contributed by atoms with van der Waals surface area (Å²) in [5.74, 6) is 4.13. The van der Waals surface area contributed by atoms with Crippen molar-refractivity contribution in [3.8, 4) is 0 Å². The molecular formula is C15H15N3O2. The average molecular weight is 269 g/mol. The molecule has 0 radical (unpaired) electrons. The Morgan fingerprint density at radius 3 is 2.75 bits per heavy atom. The van der Waals surface area contributed by atoms with Gasteiger partial charge >= 0.3 is 5.97 Å². The Hall–Kier alpha value is -1.91. The first-order valence-corrected chi connectivity index (χ1v) is 7.31. The Morgan fingerprint density at radius 1 is 1.30 bits per heavy atom. The summed E-state index contributed by atoms with van der Waals surface area (Å²) in [6.45, 7) is 0. The van der Waals surface area contributed by atoms with Gasteiger partial charge in [0.2, 0.25) is 0 Å². The summed E-state index contributed by atoms with van der Waals surface area (Å²) in [7, 11) is 0. The minimum absolute atomic E-state index is 0.212. The van der Waals surface area contributed by atoms with Gasteiger partial charge in [-0.1, -0.05) is 0 Å². The number of carboxylic acids is 1. The highest BCUT2D eigenvalue weighted by Gasteiger charge is 2.66. The summed E-state index contributed by atoms with van der Waals surface area (Å²) in [5, 5.41) is 9.01. The number of carboxylic acid groups (broad SMARTS) is 1. The first-order valence-electron chi connectivity index (χ1n) is 7.31. The topological polar surface area (TPSA) is 78.9 Å². The van der Waals surface area contributed by atoms with Gasteiger partial charge in [0.25, 0.3) is 0 Å². The monoisotopic (exact) mass is 269 g/mol. The molecule has 2 aromatic heterocycles. The largest absolute Gasteiger partial charge is 0.478 e. The Balaban J connectivity index is 1.53. The lowest BCUT2D eigenvalue weighted by Gasteiger charge is -2.05. The van der Waals surface area contributed by atoms with Crippen LogP contribution in [0.5, 0.6) is 0 Å². The number of hydrogen-bond acceptors (Lipinski definition) is 3. The molecule has 0 amide bonds. The minimum Gasteiger partial charge on any atom is -0.478 e. The number of nitrogens with one attached hydrogen (secondary N) is 1. The molecule has 3 saturated carbocycles. The van der Waals surface area contributed by atoms with Gasteiger partial charge in [-0.25, -0.2) is 14.8 Å². The third-order valence-electron chi connectivity index (χ3n) is 5.65. The SMILES string of the molecule is O=C(O)c1cnc2nc(C3C4C5CCC(C5)C34)[nH]c2c1. The highest BCUT2D eigenvalue weighted by molar-refractivity contribution is 5.90. The van der Waals surface area contributed by atoms with Crippen LogP contribution >= 0.6 is 0 Å². The lowest BCUT2D eigenvalue weighted by Crippen LogP contribution is -1.98. The van der Waals surface area contributed by atoms with Gasteiger partial charge in [-0.05, 0) is 49.0 Å². The van der Waals surface area contributed by atoms with Crippen molar-refractivity contribution in [1.29, 1.82) is 0 Å². The van der Waals surface area contributed by atoms with E-state index in [9.17, 15) is 4.79 Å². The quantitative estimate of drug-likeness (QED) is 0.877. The number of rotatable bonds is 2. The van der Waals surface area contributed by atoms with Crippen LogP contribution in [0.1, 0.15) is 41.4 Å². The molecule has 0 spiro atoms. The van der Waals surface area contributed by atoms with Crippen LogP contribution in [0.3, 0.4) is 0 Å². The van der Waals surface area contributed by atoms with Gasteiger partial charge in [0.1, 0.15) is 5.82 Å². The number of carbonyl (C=O) groups is 1. The van der Waals surface area contributed by atoms with E-state index in [1.165, 1.54) is 25.5 Å². The third kappa shape index (κ3) is 1.25. The van der Waals surface area contributed by atoms with E-state index >= 15 is 0 Å². The van der Waals surface area contributed by atoms with Gasteiger partial charge in [0, 0.05) is 12.1 Å². The van der Waals surface area contributed by atoms with E-state index in [-0.39, 0.29) is 5.56 Å². The predicted octanol–water partition coefficient (Wildman–Crippen LogP) is 2.42. The maximum atomic E-state index is 11.0. The first-order chi connectivity index (χ1) is 9.72. The van der Waals surface area contributed by atoms with Crippen LogP contribution in [0.2, 0.25) is 0 Å². The van der Waals surface area contributed by atoms with Crippen molar-refractivity contribution in [2.45, 2.75) is 25.2 Å². The molecule has 2 bridgehead atoms. The fourth-order valence-electron chi connectivity index (χ4n) is 4.88. The van der Waals surface area contributed by atoms with Crippen molar-refractivity contribution >= 4 is 17.1 Å². The summed E-state index contributed by atoms with van der Waals surface area (Å²) >= 11 is 0. The zero-order chi connectivity index (χ0) is 13.4. The lowest BCUT2D eigenvalue weighted by molar-refractivity contribution is 0.0696. The van der Waals surface area contributed by atoms with Gasteiger partial charge in [-0.15, -0.1) is 0 Å². The maximum Gasteiger partial charge on any atom is 0.337 e. The second kappa shape index (κ2) is 3.40. The van der Waals surface area contributed by atoms with Crippen molar-refractivity contribution in [3.63, 3.8) is 0 Å². The first kappa shape index (κ1) is 10.8. The molecule has 3 aliphatic carbocycles. The molecule has 5 nitrogen and oxygen atoms in total. The molecule has 2 N–H and O–H groups in total. The van der Waals surface area contributed by atoms with Crippen LogP contribution in [0.15, 0.2) is 12.3 Å². The predicted molar refractivity (Wildman–Crippen MR) is 71.4 cm³/mol. The number of aromatic nitrogens is 3. The van der Waals surface area contributed by atoms with Crippen molar-refractivity contribution in [2.75, 3.05) is 0 Å². The normalized spacial score (nSPS) is 37.3. The van der Waals surface area contributed by atoms with E-state index in [0.29, 0.717) is 11.6 Å². The van der Waals surface area contributed by atoms with Gasteiger partial charge in [-0.2, -0.15) is 0 Å². The third-order valence-corrected chi connectivity index (χ3v) is 5.65. The van der Waals surface area contributed by atoms with E-state index < -0.39 is 5.97 Å². The Kier molecular flexibility index (Phi) is 1.84. The molecule has 20 heavy (non-hydrogen) atoms. The maximum absolute atomic E-state index is 11.0. The number of pyridine rings is 1. The molecule has 102 valence electrons. The number of H-pyrrole nitrogens is 1. The Bertz CT molecular complexity index is 722. The van der Waals surface area contributed by atoms with Crippen LogP contribution < -0.4 is 0 Å². The zero-order valence-electron chi connectivity index (χ0n) is 10.9. The van der Waals surface area contributed by atoms with E-state index in [1.54, 1.807) is 6.07 Å². The second-order valence-electron chi connectivity index (χ2n) is 6.54. The molecule has 4 atom stereocenters. The van der Waals surface area contributed by atoms with Gasteiger partial charge < -0.3 is 10.1 Å². The molecule has 5 heteroatoms. The van der Waals surface area contributed by atoms with Crippen molar-refractivity contribution in [2.24, 2.45) is 23.7 Å². The van der Waals surface area contributed by atoms with Crippen molar-refractivity contribution < 1.29 is 9.90 Å². The van der Waals surface area contributed by atoms with E-state index in [1.807, 2.05) is 0 Å². The Labute approximate surface area is 115 Å². The molecule has 2 heterocycles. The van der Waals surface area contributed by atoms with E-state index in [4.69, 9.17) is 5.11 Å². The Morgan fingerprint density at radius 2 is 2.05 bits per heavy atom. The minimum atomic E-state index is -0.947. The highest BCUT2D eigenvalue weighted by atomic mass is 16.4. The van der Waals surface area contributed by atoms with Crippen molar-refractivity contribution in [3.05, 3.63) is 23.7 Å². The molecule has 3 fully saturated rings. The molecular weight excluding hydrogens is 254 g/mol. The zero-order valence-corrected chi connectivity index (χ0v) is 10.9. The summed E-state index contributed by atoms with van der Waals surface area (Å²) in [4.78, 5) is 23.0. The van der Waals surface area contributed by atoms with Crippen LogP contribution in [0.4, 0.5) is 0 Å². The number of hydrogen-bond donors (Lipinski definition) is 2. The second-order valence-corrected chi connectivity index (χ2v) is 6.54. The van der Waals surface area contributed by atoms with Crippen LogP contribution in [0, 0.1) is 23.7 Å². The fourth-order valence-corrected chi connectivity index (χ4v) is 4.88. The van der Waals surface area contributed by atoms with E-state index in [2.05, 4.69) is 15.0 Å². The van der Waals surface area contributed by atoms with Crippen LogP contribution in [-0.2, 0) is 0 Å². The molecule has 0 aromatic carbocycles. The molecule has 0 aliphatic heterocycles. The van der Waals surface area contributed by atoms with Gasteiger partial charge in [0.05, 0.1) is 11.1 Å². The smallest absolute Gasteiger partial charge is 0.337 e. The summed E-state index contributed by atoms with van der Waals surface area (Å²) in [5.41, 5.74) is 1.60. The molecule has 4 unspecified atom stereocenters. The average Bonchev–Trinajstić information content (AvgIpc) is 2.82. The van der Waals surface area contributed by atoms with E-state index in [0.717, 1.165) is 35.0 Å². The van der Waals surface area contributed by atoms with Crippen LogP contribution in [-0.4, -0.2) is 26.0 Å². The number of nitrogens with zero attached hydrogens (tertiary/aromatic N) is 2. The van der Waals surface area contributed by atoms with Gasteiger partial charge in [-0.3, -0.25) is 0 Å². The highest BCUT2D eigenvalue weighted by Crippen LogP contribution is 2.72. The summed E-state index contributed by atoms with van der Waals surface area (Å²) < 4.78 is 0. The van der Waals surface area contributed by atoms with Crippen LogP contribution in [0.25, 0.3) is 11.2 Å². The van der Waals surface area contributed by atoms with Gasteiger partial charge in [0.15, 0.2) is 5.65 Å². The molecule has 0 saturated heterocycles. The number of aromatic carboxylic acids is 1. The lowest BCUT2D eigenvalue weighted by atomic mass is 10.0. The summed E-state index contributed by atoms with van der Waals surface area (Å²) in [6, 6.07) is 1.63. The number of fused-ring (bicyclic) bond motifs is 6. The number of aromatic amines is 1. The molecule has 2 aromatic rings. The summed E-state index contributed by atoms with van der Waals surface area (Å²) in [6.07, 6.45) is 5.59. The standard InChI is InChI=1S/C15H15N3O2/c19-15(20)8-4-9-13(16-5-8)18-14(17-9)12-10-6-1-2-7(3-6)11(10)12/h4-7,10-12H,1-3H2,(H,19,20)(H,16,17,18). The fraction of sp³-hybridized carbons (Fsp3) is 0.533. The molecule has 3 aliphatic rings. The number of imidazole rings is 1. The molecule has 5 rings (SSSR count).